The first-order valence-electron chi connectivity index (χ1n) is 30.9. The number of allylic oxidation sites excluding steroid dienone is 2. The van der Waals surface area contributed by atoms with Gasteiger partial charge in [0.2, 0.25) is 0 Å². The van der Waals surface area contributed by atoms with E-state index in [-0.39, 0.29) is 64.6 Å². The zero-order chi connectivity index (χ0) is 52.8. The van der Waals surface area contributed by atoms with Gasteiger partial charge in [-0.15, -0.1) is 0 Å². The Morgan fingerprint density at radius 3 is 1.57 bits per heavy atom. The van der Waals surface area contributed by atoms with Crippen LogP contribution in [-0.4, -0.2) is 78.9 Å². The third kappa shape index (κ3) is 8.69. The molecule has 4 aliphatic heterocycles. The topological polar surface area (TPSA) is 128 Å². The van der Waals surface area contributed by atoms with Crippen LogP contribution >= 0.6 is 0 Å². The van der Waals surface area contributed by atoms with Crippen molar-refractivity contribution in [1.29, 1.82) is 0 Å². The summed E-state index contributed by atoms with van der Waals surface area (Å²) in [5.41, 5.74) is 2.84. The normalized spacial score (nSPS) is 50.8. The highest BCUT2D eigenvalue weighted by atomic mass is 16.7. The van der Waals surface area contributed by atoms with Gasteiger partial charge in [-0.25, -0.2) is 9.59 Å². The Morgan fingerprint density at radius 2 is 1.12 bits per heavy atom. The van der Waals surface area contributed by atoms with E-state index in [0.717, 1.165) is 83.8 Å². The molecule has 2 spiro atoms. The number of hydrogen-bond acceptors (Lipinski definition) is 10. The lowest BCUT2D eigenvalue weighted by Gasteiger charge is -2.58. The molecule has 1 N–H and O–H groups in total. The quantitative estimate of drug-likeness (QED) is 0.150. The van der Waals surface area contributed by atoms with Crippen molar-refractivity contribution < 1.29 is 47.5 Å². The summed E-state index contributed by atoms with van der Waals surface area (Å²) in [6.07, 6.45) is 23.4. The molecule has 11 nitrogen and oxygen atoms in total. The number of amides is 1. The highest BCUT2D eigenvalue weighted by molar-refractivity contribution is 5.82. The zero-order valence-corrected chi connectivity index (χ0v) is 48.1. The van der Waals surface area contributed by atoms with E-state index in [1.807, 2.05) is 0 Å². The van der Waals surface area contributed by atoms with Gasteiger partial charge in [-0.05, 0) is 198 Å². The number of carbonyl (C=O) groups is 3. The number of fused-ring (bicyclic) bond motifs is 14. The van der Waals surface area contributed by atoms with Crippen molar-refractivity contribution in [2.24, 2.45) is 92.7 Å². The summed E-state index contributed by atoms with van der Waals surface area (Å²) in [6.45, 7) is 26.7. The molecule has 1 amide bonds. The molecule has 0 unspecified atom stereocenters. The molecule has 4 saturated heterocycles. The predicted octanol–water partition coefficient (Wildman–Crippen LogP) is 13.2. The Bertz CT molecular complexity index is 2290. The first kappa shape index (κ1) is 53.2. The predicted molar refractivity (Wildman–Crippen MR) is 286 cm³/mol. The van der Waals surface area contributed by atoms with Crippen LogP contribution < -0.4 is 5.32 Å². The minimum Gasteiger partial charge on any atom is -0.462 e. The fourth-order valence-electron chi connectivity index (χ4n) is 20.9. The standard InChI is InChI=1S/C64H97NO10/c1-36-18-28-63(69-34-36)38(3)54-51(73-63)32-48-44-14-12-40-30-42(20-24-59(40,8)46(44)22-26-61(48,54)10)71-53(66)17-16-50(65-57(68)75-58(5,6)7)56(67)72-43-21-25-60(9)41(31-43)13-15-45-47(60)23-27-62(11)49(45)33-52-55(62)39(4)64(74-52)29-19-37(2)35-70-64/h12-13,36-39,42-52,54-55H,14-35H2,1-11H3,(H,65,68)/t36-,37-,38+,39+,42+,43+,44-,45-,46+,47+,48+,49+,50-,51+,52+,54+,55+,59+,60+,61+,62+,63-,64-/m1/s1. The summed E-state index contributed by atoms with van der Waals surface area (Å²) in [5, 5.41) is 2.81. The smallest absolute Gasteiger partial charge is 0.408 e. The number of esters is 2. The van der Waals surface area contributed by atoms with E-state index in [9.17, 15) is 14.4 Å². The maximum Gasteiger partial charge on any atom is 0.408 e. The van der Waals surface area contributed by atoms with Crippen LogP contribution in [0.4, 0.5) is 4.79 Å². The van der Waals surface area contributed by atoms with Crippen molar-refractivity contribution in [1.82, 2.24) is 5.32 Å². The summed E-state index contributed by atoms with van der Waals surface area (Å²) in [6, 6.07) is -1.04. The van der Waals surface area contributed by atoms with Crippen molar-refractivity contribution in [3.05, 3.63) is 23.3 Å². The van der Waals surface area contributed by atoms with E-state index in [2.05, 4.69) is 72.9 Å². The third-order valence-corrected chi connectivity index (χ3v) is 24.8. The molecule has 0 aromatic heterocycles. The van der Waals surface area contributed by atoms with Crippen LogP contribution in [0.3, 0.4) is 0 Å². The van der Waals surface area contributed by atoms with Crippen molar-refractivity contribution in [2.45, 2.75) is 252 Å². The zero-order valence-electron chi connectivity index (χ0n) is 48.1. The van der Waals surface area contributed by atoms with Crippen LogP contribution in [0.5, 0.6) is 0 Å². The molecule has 8 aliphatic carbocycles. The van der Waals surface area contributed by atoms with Crippen molar-refractivity contribution in [3.63, 3.8) is 0 Å². The number of ether oxygens (including phenoxy) is 7. The molecular formula is C64H97NO10. The van der Waals surface area contributed by atoms with Gasteiger partial charge in [0.15, 0.2) is 11.6 Å². The first-order valence-corrected chi connectivity index (χ1v) is 30.9. The molecule has 0 bridgehead atoms. The van der Waals surface area contributed by atoms with Gasteiger partial charge in [-0.1, -0.05) is 78.7 Å². The lowest BCUT2D eigenvalue weighted by atomic mass is 9.47. The molecule has 12 aliphatic rings. The van der Waals surface area contributed by atoms with Crippen molar-refractivity contribution in [3.8, 4) is 0 Å². The monoisotopic (exact) mass is 1040 g/mol. The molecule has 4 heterocycles. The highest BCUT2D eigenvalue weighted by Gasteiger charge is 2.71. The van der Waals surface area contributed by atoms with Crippen molar-refractivity contribution in [2.75, 3.05) is 13.2 Å². The number of alkyl carbamates (subject to hydrolysis) is 1. The van der Waals surface area contributed by atoms with Crippen LogP contribution in [0.15, 0.2) is 23.3 Å². The minimum atomic E-state index is -1.04. The number of nitrogens with one attached hydrogen (secondary N) is 1. The third-order valence-electron chi connectivity index (χ3n) is 24.8. The highest BCUT2D eigenvalue weighted by Crippen LogP contribution is 2.73. The lowest BCUT2D eigenvalue weighted by molar-refractivity contribution is -0.272. The Kier molecular flexibility index (Phi) is 13.3. The largest absolute Gasteiger partial charge is 0.462 e. The van der Waals surface area contributed by atoms with Gasteiger partial charge in [-0.3, -0.25) is 4.79 Å². The van der Waals surface area contributed by atoms with Gasteiger partial charge in [0.1, 0.15) is 23.9 Å². The Labute approximate surface area is 450 Å². The van der Waals surface area contributed by atoms with Gasteiger partial charge < -0.3 is 38.5 Å². The molecular weight excluding hydrogens is 943 g/mol. The van der Waals surface area contributed by atoms with Crippen LogP contribution in [0.1, 0.15) is 205 Å². The molecule has 12 rings (SSSR count). The summed E-state index contributed by atoms with van der Waals surface area (Å²) in [7, 11) is 0. The first-order chi connectivity index (χ1) is 35.5. The van der Waals surface area contributed by atoms with Gasteiger partial charge >= 0.3 is 18.0 Å². The molecule has 75 heavy (non-hydrogen) atoms. The summed E-state index contributed by atoms with van der Waals surface area (Å²) >= 11 is 0. The van der Waals surface area contributed by atoms with E-state index >= 15 is 0 Å². The van der Waals surface area contributed by atoms with Crippen LogP contribution in [-0.2, 0) is 42.7 Å². The molecule has 418 valence electrons. The second-order valence-corrected chi connectivity index (χ2v) is 29.9. The Morgan fingerprint density at radius 1 is 0.640 bits per heavy atom. The van der Waals surface area contributed by atoms with Crippen LogP contribution in [0.25, 0.3) is 0 Å². The maximum absolute atomic E-state index is 14.2. The van der Waals surface area contributed by atoms with Crippen molar-refractivity contribution >= 4 is 18.0 Å². The summed E-state index contributed by atoms with van der Waals surface area (Å²) in [4.78, 5) is 41.3. The molecule has 23 atom stereocenters. The average molecular weight is 1040 g/mol. The molecule has 11 heteroatoms. The van der Waals surface area contributed by atoms with E-state index in [1.54, 1.807) is 20.8 Å². The van der Waals surface area contributed by atoms with Gasteiger partial charge in [0, 0.05) is 43.9 Å². The summed E-state index contributed by atoms with van der Waals surface area (Å²) in [5.74, 6) is 5.29. The minimum absolute atomic E-state index is 0.00267. The Hall–Kier alpha value is -2.47. The van der Waals surface area contributed by atoms with Gasteiger partial charge in [0.05, 0.1) is 25.4 Å². The molecule has 0 aromatic carbocycles. The van der Waals surface area contributed by atoms with E-state index < -0.39 is 29.5 Å². The molecule has 10 fully saturated rings. The van der Waals surface area contributed by atoms with Gasteiger partial charge in [0.25, 0.3) is 0 Å². The molecule has 6 saturated carbocycles. The van der Waals surface area contributed by atoms with Crippen LogP contribution in [0.2, 0.25) is 0 Å². The van der Waals surface area contributed by atoms with E-state index in [1.165, 1.54) is 49.7 Å². The lowest BCUT2D eigenvalue weighted by Crippen LogP contribution is -2.52. The number of carbonyl (C=O) groups excluding carboxylic acids is 3. The Balaban J connectivity index is 0.658. The second-order valence-electron chi connectivity index (χ2n) is 29.9. The van der Waals surface area contributed by atoms with E-state index in [0.29, 0.717) is 83.5 Å². The van der Waals surface area contributed by atoms with E-state index in [4.69, 9.17) is 33.2 Å². The number of hydrogen-bond donors (Lipinski definition) is 1. The second kappa shape index (κ2) is 18.8. The maximum atomic E-state index is 14.2. The fourth-order valence-corrected chi connectivity index (χ4v) is 20.9. The molecule has 0 aromatic rings. The summed E-state index contributed by atoms with van der Waals surface area (Å²) < 4.78 is 45.5. The SMILES string of the molecule is C[C@@H]1CC[C@@]2(OC1)O[C@H]1C[C@H]3[C@@H]4CC=C5C[C@@H](OC(=O)CC[C@@H](NC(=O)OC(C)(C)C)C(=O)O[C@H]6CC[C@@]7(C)C(=CC[C@H]8[C@@H]9C[C@@H]%10O[C@]%11(CC[C@@H](C)CO%11)[C@@H](C)[C@@H]%10[C@@]9(C)CC[C@@H]87)C6)CC[C@]5(C)[C@H]4CC[C@]3(C)[C@H]1[C@@H]2C. The van der Waals surface area contributed by atoms with Crippen LogP contribution in [0, 0.1) is 92.7 Å². The fraction of sp³-hybridized carbons (Fsp3) is 0.891. The number of rotatable bonds is 7. The molecule has 0 radical (unpaired) electrons. The van der Waals surface area contributed by atoms with Gasteiger partial charge in [-0.2, -0.15) is 0 Å². The average Bonchev–Trinajstić information content (AvgIpc) is 4.21.